The molecule has 1 fully saturated rings. The molecule has 1 aromatic heterocycles. The van der Waals surface area contributed by atoms with Crippen LogP contribution in [0.15, 0.2) is 9.59 Å². The summed E-state index contributed by atoms with van der Waals surface area (Å²) in [6, 6.07) is 1.89. The van der Waals surface area contributed by atoms with Crippen LogP contribution in [0, 0.1) is 17.2 Å². The second-order valence-electron chi connectivity index (χ2n) is 6.44. The molecule has 2 rings (SSSR count). The molecule has 8 nitrogen and oxygen atoms in total. The van der Waals surface area contributed by atoms with Gasteiger partial charge < -0.3 is 10.2 Å². The van der Waals surface area contributed by atoms with Crippen molar-refractivity contribution in [1.82, 2.24) is 14.0 Å². The first-order valence-electron chi connectivity index (χ1n) is 8.03. The number of anilines is 1. The molecule has 0 unspecified atom stereocenters. The molecule has 0 saturated carbocycles. The Labute approximate surface area is 140 Å². The molecular formula is C16H23N5O3. The Kier molecular flexibility index (Phi) is 5.12. The van der Waals surface area contributed by atoms with Gasteiger partial charge in [0.2, 0.25) is 5.91 Å². The standard InChI is InChI=1S/C16H23N5O3/c1-10(2)14(22)21-7-5-11(6-8-21)18-13-12(9-17)15(23)20(4)16(24)19(13)3/h10-11,18H,5-8H2,1-4H3. The topological polar surface area (TPSA) is 100 Å². The molecule has 0 aliphatic carbocycles. The summed E-state index contributed by atoms with van der Waals surface area (Å²) in [6.07, 6.45) is 1.40. The molecule has 0 radical (unpaired) electrons. The van der Waals surface area contributed by atoms with E-state index >= 15 is 0 Å². The smallest absolute Gasteiger partial charge is 0.332 e. The van der Waals surface area contributed by atoms with Gasteiger partial charge in [-0.05, 0) is 12.8 Å². The Balaban J connectivity index is 2.20. The van der Waals surface area contributed by atoms with Crippen LogP contribution < -0.4 is 16.6 Å². The minimum absolute atomic E-state index is 0.00557. The van der Waals surface area contributed by atoms with Crippen molar-refractivity contribution >= 4 is 11.7 Å². The molecule has 1 aromatic rings. The summed E-state index contributed by atoms with van der Waals surface area (Å²) >= 11 is 0. The van der Waals surface area contributed by atoms with E-state index in [-0.39, 0.29) is 29.2 Å². The largest absolute Gasteiger partial charge is 0.367 e. The highest BCUT2D eigenvalue weighted by Gasteiger charge is 2.26. The minimum Gasteiger partial charge on any atom is -0.367 e. The number of hydrogen-bond donors (Lipinski definition) is 1. The average Bonchev–Trinajstić information content (AvgIpc) is 2.58. The summed E-state index contributed by atoms with van der Waals surface area (Å²) in [5, 5.41) is 12.4. The molecule has 0 spiro atoms. The number of carbonyl (C=O) groups is 1. The molecule has 1 aliphatic heterocycles. The van der Waals surface area contributed by atoms with Gasteiger partial charge in [0.1, 0.15) is 11.9 Å². The van der Waals surface area contributed by atoms with Crippen molar-refractivity contribution in [3.63, 3.8) is 0 Å². The van der Waals surface area contributed by atoms with E-state index in [0.717, 1.165) is 4.57 Å². The normalized spacial score (nSPS) is 15.4. The lowest BCUT2D eigenvalue weighted by molar-refractivity contribution is -0.135. The number of carbonyl (C=O) groups excluding carboxylic acids is 1. The van der Waals surface area contributed by atoms with Gasteiger partial charge in [-0.2, -0.15) is 5.26 Å². The van der Waals surface area contributed by atoms with Gasteiger partial charge in [0, 0.05) is 39.1 Å². The minimum atomic E-state index is -0.601. The van der Waals surface area contributed by atoms with E-state index in [1.54, 1.807) is 0 Å². The van der Waals surface area contributed by atoms with Crippen LogP contribution in [0.25, 0.3) is 0 Å². The maximum atomic E-state index is 12.1. The van der Waals surface area contributed by atoms with Gasteiger partial charge in [-0.3, -0.25) is 18.7 Å². The summed E-state index contributed by atoms with van der Waals surface area (Å²) in [6.45, 7) is 4.99. The zero-order chi connectivity index (χ0) is 18.0. The fourth-order valence-electron chi connectivity index (χ4n) is 2.92. The molecular weight excluding hydrogens is 310 g/mol. The Morgan fingerprint density at radius 1 is 1.21 bits per heavy atom. The Bertz CT molecular complexity index is 792. The van der Waals surface area contributed by atoms with Crippen molar-refractivity contribution < 1.29 is 4.79 Å². The van der Waals surface area contributed by atoms with Gasteiger partial charge in [0.15, 0.2) is 5.56 Å². The van der Waals surface area contributed by atoms with E-state index in [4.69, 9.17) is 0 Å². The summed E-state index contributed by atoms with van der Waals surface area (Å²) in [7, 11) is 2.88. The van der Waals surface area contributed by atoms with Gasteiger partial charge in [0.25, 0.3) is 5.56 Å². The lowest BCUT2D eigenvalue weighted by Gasteiger charge is -2.34. The van der Waals surface area contributed by atoms with Crippen molar-refractivity contribution in [1.29, 1.82) is 5.26 Å². The van der Waals surface area contributed by atoms with E-state index < -0.39 is 11.2 Å². The van der Waals surface area contributed by atoms with E-state index in [9.17, 15) is 19.6 Å². The highest BCUT2D eigenvalue weighted by Crippen LogP contribution is 2.18. The number of nitriles is 1. The Morgan fingerprint density at radius 3 is 2.29 bits per heavy atom. The number of piperidine rings is 1. The molecule has 0 atom stereocenters. The number of amides is 1. The fraction of sp³-hybridized carbons (Fsp3) is 0.625. The van der Waals surface area contributed by atoms with Crippen LogP contribution >= 0.6 is 0 Å². The zero-order valence-corrected chi connectivity index (χ0v) is 14.5. The summed E-state index contributed by atoms with van der Waals surface area (Å²) in [5.74, 6) is 0.351. The number of aromatic nitrogens is 2. The van der Waals surface area contributed by atoms with Crippen LogP contribution in [0.1, 0.15) is 32.3 Å². The van der Waals surface area contributed by atoms with Crippen molar-refractivity contribution in [3.8, 4) is 6.07 Å². The van der Waals surface area contributed by atoms with Gasteiger partial charge in [-0.25, -0.2) is 4.79 Å². The van der Waals surface area contributed by atoms with Gasteiger partial charge in [-0.15, -0.1) is 0 Å². The zero-order valence-electron chi connectivity index (χ0n) is 14.5. The van der Waals surface area contributed by atoms with Crippen LogP contribution in [0.3, 0.4) is 0 Å². The molecule has 24 heavy (non-hydrogen) atoms. The van der Waals surface area contributed by atoms with Crippen molar-refractivity contribution in [2.24, 2.45) is 20.0 Å². The van der Waals surface area contributed by atoms with Crippen LogP contribution in [0.5, 0.6) is 0 Å². The molecule has 1 amide bonds. The second kappa shape index (κ2) is 6.91. The molecule has 8 heteroatoms. The van der Waals surface area contributed by atoms with Gasteiger partial charge >= 0.3 is 5.69 Å². The number of nitrogens with zero attached hydrogens (tertiary/aromatic N) is 4. The van der Waals surface area contributed by atoms with Crippen LogP contribution in [0.2, 0.25) is 0 Å². The maximum Gasteiger partial charge on any atom is 0.332 e. The maximum absolute atomic E-state index is 12.1. The molecule has 130 valence electrons. The van der Waals surface area contributed by atoms with Crippen molar-refractivity contribution in [3.05, 3.63) is 26.4 Å². The third-order valence-corrected chi connectivity index (χ3v) is 4.42. The van der Waals surface area contributed by atoms with Gasteiger partial charge in [0.05, 0.1) is 0 Å². The third-order valence-electron chi connectivity index (χ3n) is 4.42. The van der Waals surface area contributed by atoms with E-state index in [1.807, 2.05) is 24.8 Å². The molecule has 0 aromatic carbocycles. The van der Waals surface area contributed by atoms with Gasteiger partial charge in [-0.1, -0.05) is 13.8 Å². The lowest BCUT2D eigenvalue weighted by atomic mass is 10.0. The summed E-state index contributed by atoms with van der Waals surface area (Å²) < 4.78 is 2.21. The van der Waals surface area contributed by atoms with Crippen molar-refractivity contribution in [2.45, 2.75) is 32.7 Å². The SMILES string of the molecule is CC(C)C(=O)N1CCC(Nc2c(C#N)c(=O)n(C)c(=O)n2C)CC1. The number of nitrogens with one attached hydrogen (secondary N) is 1. The van der Waals surface area contributed by atoms with Crippen LogP contribution in [-0.4, -0.2) is 39.1 Å². The highest BCUT2D eigenvalue weighted by atomic mass is 16.2. The first-order valence-corrected chi connectivity index (χ1v) is 8.03. The first-order chi connectivity index (χ1) is 11.3. The molecule has 1 aliphatic rings. The van der Waals surface area contributed by atoms with E-state index in [0.29, 0.717) is 25.9 Å². The monoisotopic (exact) mass is 333 g/mol. The predicted molar refractivity (Wildman–Crippen MR) is 89.7 cm³/mol. The number of rotatable bonds is 3. The summed E-state index contributed by atoms with van der Waals surface area (Å²) in [5.41, 5.74) is -1.15. The summed E-state index contributed by atoms with van der Waals surface area (Å²) in [4.78, 5) is 38.0. The number of likely N-dealkylation sites (tertiary alicyclic amines) is 1. The second-order valence-corrected chi connectivity index (χ2v) is 6.44. The quantitative estimate of drug-likeness (QED) is 0.840. The fourth-order valence-corrected chi connectivity index (χ4v) is 2.92. The number of hydrogen-bond acceptors (Lipinski definition) is 5. The average molecular weight is 333 g/mol. The van der Waals surface area contributed by atoms with Crippen molar-refractivity contribution in [2.75, 3.05) is 18.4 Å². The molecule has 2 heterocycles. The Morgan fingerprint density at radius 2 is 1.79 bits per heavy atom. The predicted octanol–water partition coefficient (Wildman–Crippen LogP) is 0.0146. The first kappa shape index (κ1) is 17.8. The highest BCUT2D eigenvalue weighted by molar-refractivity contribution is 5.78. The molecule has 0 bridgehead atoms. The molecule has 1 N–H and O–H groups in total. The molecule has 1 saturated heterocycles. The van der Waals surface area contributed by atoms with E-state index in [2.05, 4.69) is 5.32 Å². The Hall–Kier alpha value is -2.56. The lowest BCUT2D eigenvalue weighted by Crippen LogP contribution is -2.45. The van der Waals surface area contributed by atoms with Crippen LogP contribution in [0.4, 0.5) is 5.82 Å². The van der Waals surface area contributed by atoms with Crippen LogP contribution in [-0.2, 0) is 18.9 Å². The van der Waals surface area contributed by atoms with E-state index in [1.165, 1.54) is 18.7 Å². The third kappa shape index (κ3) is 3.20.